The van der Waals surface area contributed by atoms with E-state index in [4.69, 9.17) is 9.97 Å². The SMILES string of the molecule is Cc1cc(C)cc(Nc2nc(N3CCC(C)CC3)nc3c2cnn3-c2ccccc2)c1. The average molecular weight is 413 g/mol. The fraction of sp³-hybridized carbons (Fsp3) is 0.320. The first-order valence-electron chi connectivity index (χ1n) is 11.0. The van der Waals surface area contributed by atoms with Gasteiger partial charge in [-0.25, -0.2) is 4.68 Å². The van der Waals surface area contributed by atoms with Crippen molar-refractivity contribution in [2.24, 2.45) is 5.92 Å². The standard InChI is InChI=1S/C25H28N6/c1-17-9-11-30(12-10-17)25-28-23(27-20-14-18(2)13-19(3)15-20)22-16-26-31(24(22)29-25)21-7-5-4-6-8-21/h4-8,13-17H,9-12H2,1-3H3,(H,27,28,29). The average Bonchev–Trinajstić information content (AvgIpc) is 3.18. The van der Waals surface area contributed by atoms with E-state index >= 15 is 0 Å². The molecule has 2 aromatic carbocycles. The van der Waals surface area contributed by atoms with Crippen LogP contribution >= 0.6 is 0 Å². The highest BCUT2D eigenvalue weighted by Gasteiger charge is 2.21. The number of benzene rings is 2. The summed E-state index contributed by atoms with van der Waals surface area (Å²) in [6.07, 6.45) is 4.19. The first-order valence-corrected chi connectivity index (χ1v) is 11.0. The highest BCUT2D eigenvalue weighted by Crippen LogP contribution is 2.30. The second-order valence-corrected chi connectivity index (χ2v) is 8.67. The summed E-state index contributed by atoms with van der Waals surface area (Å²) in [6, 6.07) is 16.6. The molecule has 0 saturated carbocycles. The monoisotopic (exact) mass is 412 g/mol. The molecule has 5 rings (SSSR count). The molecule has 0 aliphatic carbocycles. The van der Waals surface area contributed by atoms with Gasteiger partial charge in [-0.15, -0.1) is 0 Å². The molecule has 3 heterocycles. The zero-order valence-corrected chi connectivity index (χ0v) is 18.3. The number of hydrogen-bond donors (Lipinski definition) is 1. The van der Waals surface area contributed by atoms with E-state index in [1.807, 2.05) is 41.2 Å². The molecule has 31 heavy (non-hydrogen) atoms. The van der Waals surface area contributed by atoms with Gasteiger partial charge in [0.25, 0.3) is 0 Å². The molecule has 1 aliphatic heterocycles. The predicted octanol–water partition coefficient (Wildman–Crippen LogP) is 5.41. The van der Waals surface area contributed by atoms with Gasteiger partial charge in [0.15, 0.2) is 5.65 Å². The maximum atomic E-state index is 4.97. The van der Waals surface area contributed by atoms with Gasteiger partial charge in [-0.1, -0.05) is 31.2 Å². The number of fused-ring (bicyclic) bond motifs is 1. The first-order chi connectivity index (χ1) is 15.1. The minimum Gasteiger partial charge on any atom is -0.341 e. The number of nitrogens with one attached hydrogen (secondary N) is 1. The van der Waals surface area contributed by atoms with Crippen LogP contribution in [0.15, 0.2) is 54.7 Å². The number of hydrogen-bond acceptors (Lipinski definition) is 5. The lowest BCUT2D eigenvalue weighted by molar-refractivity contribution is 0.434. The van der Waals surface area contributed by atoms with Crippen LogP contribution in [0, 0.1) is 19.8 Å². The minimum atomic E-state index is 0.752. The van der Waals surface area contributed by atoms with Crippen molar-refractivity contribution in [2.75, 3.05) is 23.3 Å². The molecule has 0 radical (unpaired) electrons. The van der Waals surface area contributed by atoms with Crippen LogP contribution in [0.3, 0.4) is 0 Å². The minimum absolute atomic E-state index is 0.752. The van der Waals surface area contributed by atoms with Crippen molar-refractivity contribution in [1.29, 1.82) is 0 Å². The molecular formula is C25H28N6. The summed E-state index contributed by atoms with van der Waals surface area (Å²) in [5.41, 5.74) is 5.28. The molecule has 1 aliphatic rings. The van der Waals surface area contributed by atoms with Crippen LogP contribution in [-0.4, -0.2) is 32.8 Å². The zero-order chi connectivity index (χ0) is 21.4. The first kappa shape index (κ1) is 19.5. The molecule has 0 bridgehead atoms. The molecule has 4 aromatic rings. The van der Waals surface area contributed by atoms with Crippen LogP contribution < -0.4 is 10.2 Å². The number of anilines is 3. The molecule has 0 amide bonds. The molecule has 0 atom stereocenters. The number of nitrogens with zero attached hydrogens (tertiary/aromatic N) is 5. The summed E-state index contributed by atoms with van der Waals surface area (Å²) in [5, 5.41) is 9.12. The highest BCUT2D eigenvalue weighted by molar-refractivity contribution is 5.90. The van der Waals surface area contributed by atoms with Crippen molar-refractivity contribution in [2.45, 2.75) is 33.6 Å². The van der Waals surface area contributed by atoms with Crippen molar-refractivity contribution in [1.82, 2.24) is 19.7 Å². The third-order valence-corrected chi connectivity index (χ3v) is 5.97. The van der Waals surface area contributed by atoms with Crippen molar-refractivity contribution in [3.63, 3.8) is 0 Å². The van der Waals surface area contributed by atoms with Crippen LogP contribution in [0.25, 0.3) is 16.7 Å². The van der Waals surface area contributed by atoms with Gasteiger partial charge in [-0.05, 0) is 68.0 Å². The summed E-state index contributed by atoms with van der Waals surface area (Å²) in [6.45, 7) is 8.51. The third-order valence-electron chi connectivity index (χ3n) is 5.97. The van der Waals surface area contributed by atoms with Crippen molar-refractivity contribution in [3.8, 4) is 5.69 Å². The van der Waals surface area contributed by atoms with Crippen LogP contribution in [0.2, 0.25) is 0 Å². The summed E-state index contributed by atoms with van der Waals surface area (Å²) >= 11 is 0. The van der Waals surface area contributed by atoms with Crippen LogP contribution in [0.5, 0.6) is 0 Å². The van der Waals surface area contributed by atoms with Gasteiger partial charge in [0.1, 0.15) is 5.82 Å². The van der Waals surface area contributed by atoms with E-state index in [1.54, 1.807) is 0 Å². The normalized spacial score (nSPS) is 14.9. The number of aryl methyl sites for hydroxylation is 2. The van der Waals surface area contributed by atoms with Gasteiger partial charge in [0.05, 0.1) is 17.3 Å². The number of piperidine rings is 1. The lowest BCUT2D eigenvalue weighted by atomic mass is 10.00. The Hall–Kier alpha value is -3.41. The Balaban J connectivity index is 1.63. The van der Waals surface area contributed by atoms with Crippen LogP contribution in [0.4, 0.5) is 17.5 Å². The number of para-hydroxylation sites is 1. The molecule has 0 unspecified atom stereocenters. The molecule has 6 heteroatoms. The number of aromatic nitrogens is 4. The number of rotatable bonds is 4. The van der Waals surface area contributed by atoms with Crippen LogP contribution in [0.1, 0.15) is 30.9 Å². The summed E-state index contributed by atoms with van der Waals surface area (Å²) < 4.78 is 1.90. The quantitative estimate of drug-likeness (QED) is 0.485. The van der Waals surface area contributed by atoms with Gasteiger partial charge >= 0.3 is 0 Å². The molecule has 1 N–H and O–H groups in total. The molecule has 1 fully saturated rings. The van der Waals surface area contributed by atoms with Crippen LogP contribution in [-0.2, 0) is 0 Å². The van der Waals surface area contributed by atoms with Gasteiger partial charge in [-0.3, -0.25) is 0 Å². The van der Waals surface area contributed by atoms with E-state index in [9.17, 15) is 0 Å². The Bertz CT molecular complexity index is 1190. The van der Waals surface area contributed by atoms with Crippen molar-refractivity contribution >= 4 is 28.5 Å². The van der Waals surface area contributed by atoms with E-state index < -0.39 is 0 Å². The second kappa shape index (κ2) is 8.02. The smallest absolute Gasteiger partial charge is 0.229 e. The van der Waals surface area contributed by atoms with E-state index in [2.05, 4.69) is 54.3 Å². The fourth-order valence-electron chi connectivity index (χ4n) is 4.28. The highest BCUT2D eigenvalue weighted by atomic mass is 15.3. The van der Waals surface area contributed by atoms with Gasteiger partial charge in [0, 0.05) is 18.8 Å². The van der Waals surface area contributed by atoms with E-state index in [0.29, 0.717) is 0 Å². The van der Waals surface area contributed by atoms with E-state index in [1.165, 1.54) is 24.0 Å². The van der Waals surface area contributed by atoms with Crippen molar-refractivity contribution in [3.05, 3.63) is 65.9 Å². The van der Waals surface area contributed by atoms with Crippen molar-refractivity contribution < 1.29 is 0 Å². The maximum absolute atomic E-state index is 4.97. The fourth-order valence-corrected chi connectivity index (χ4v) is 4.28. The molecule has 1 saturated heterocycles. The Kier molecular flexibility index (Phi) is 5.06. The van der Waals surface area contributed by atoms with Gasteiger partial charge < -0.3 is 10.2 Å². The summed E-state index contributed by atoms with van der Waals surface area (Å²) in [7, 11) is 0. The predicted molar refractivity (Wildman–Crippen MR) is 126 cm³/mol. The molecular weight excluding hydrogens is 384 g/mol. The van der Waals surface area contributed by atoms with E-state index in [0.717, 1.165) is 53.2 Å². The Morgan fingerprint density at radius 1 is 0.935 bits per heavy atom. The summed E-state index contributed by atoms with van der Waals surface area (Å²) in [4.78, 5) is 12.2. The maximum Gasteiger partial charge on any atom is 0.229 e. The molecule has 2 aromatic heterocycles. The van der Waals surface area contributed by atoms with Gasteiger partial charge in [0.2, 0.25) is 5.95 Å². The molecule has 158 valence electrons. The Labute approximate surface area is 182 Å². The molecule has 0 spiro atoms. The topological polar surface area (TPSA) is 58.9 Å². The lowest BCUT2D eigenvalue weighted by Crippen LogP contribution is -2.34. The second-order valence-electron chi connectivity index (χ2n) is 8.67. The molecule has 6 nitrogen and oxygen atoms in total. The summed E-state index contributed by atoms with van der Waals surface area (Å²) in [5.74, 6) is 2.32. The third kappa shape index (κ3) is 3.98. The zero-order valence-electron chi connectivity index (χ0n) is 18.3. The van der Waals surface area contributed by atoms with Gasteiger partial charge in [-0.2, -0.15) is 15.1 Å². The lowest BCUT2D eigenvalue weighted by Gasteiger charge is -2.30. The largest absolute Gasteiger partial charge is 0.341 e. The Morgan fingerprint density at radius 2 is 1.65 bits per heavy atom. The van der Waals surface area contributed by atoms with E-state index in [-0.39, 0.29) is 0 Å². The Morgan fingerprint density at radius 3 is 2.35 bits per heavy atom.